The van der Waals surface area contributed by atoms with Crippen molar-refractivity contribution in [2.45, 2.75) is 0 Å². The fourth-order valence-corrected chi connectivity index (χ4v) is 2.03. The number of aromatic nitrogens is 2. The lowest BCUT2D eigenvalue weighted by Crippen LogP contribution is -2.25. The smallest absolute Gasteiger partial charge is 0.357 e. The zero-order chi connectivity index (χ0) is 18.4. The number of nitrogens with zero attached hydrogens (tertiary/aromatic N) is 1. The normalized spacial score (nSPS) is 10.6. The van der Waals surface area contributed by atoms with Gasteiger partial charge in [-0.2, -0.15) is 0 Å². The summed E-state index contributed by atoms with van der Waals surface area (Å²) in [7, 11) is 1.47. The van der Waals surface area contributed by atoms with Gasteiger partial charge < -0.3 is 14.5 Å². The summed E-state index contributed by atoms with van der Waals surface area (Å²) in [6.07, 6.45) is 4.36. The summed E-state index contributed by atoms with van der Waals surface area (Å²) in [5, 5.41) is 11.0. The zero-order valence-electron chi connectivity index (χ0n) is 13.3. The minimum atomic E-state index is -1.07. The number of nitro groups is 1. The molecule has 0 unspecified atom stereocenters. The first-order valence-electron chi connectivity index (χ1n) is 7.07. The molecule has 0 radical (unpaired) electrons. The fourth-order valence-electron chi connectivity index (χ4n) is 2.03. The van der Waals surface area contributed by atoms with E-state index >= 15 is 0 Å². The molecule has 0 amide bonds. The van der Waals surface area contributed by atoms with Crippen molar-refractivity contribution < 1.29 is 14.4 Å². The van der Waals surface area contributed by atoms with Gasteiger partial charge in [0.05, 0.1) is 12.0 Å². The van der Waals surface area contributed by atoms with Crippen molar-refractivity contribution in [1.29, 1.82) is 0 Å². The summed E-state index contributed by atoms with van der Waals surface area (Å²) in [5.41, 5.74) is -2.23. The summed E-state index contributed by atoms with van der Waals surface area (Å²) < 4.78 is 10.6. The van der Waals surface area contributed by atoms with E-state index in [1.165, 1.54) is 19.3 Å². The maximum atomic E-state index is 11.6. The summed E-state index contributed by atoms with van der Waals surface area (Å²) >= 11 is 0. The monoisotopic (exact) mass is 345 g/mol. The van der Waals surface area contributed by atoms with E-state index in [9.17, 15) is 19.7 Å². The lowest BCUT2D eigenvalue weighted by Gasteiger charge is -2.09. The van der Waals surface area contributed by atoms with Crippen LogP contribution in [-0.4, -0.2) is 28.6 Å². The molecule has 2 aromatic rings. The lowest BCUT2D eigenvalue weighted by molar-refractivity contribution is -0.386. The molecule has 2 rings (SSSR count). The number of hydrogen-bond acceptors (Lipinski definition) is 6. The molecule has 9 heteroatoms. The quantitative estimate of drug-likeness (QED) is 0.447. The minimum Gasteiger partial charge on any atom is -0.493 e. The van der Waals surface area contributed by atoms with Gasteiger partial charge in [-0.3, -0.25) is 19.9 Å². The Morgan fingerprint density at radius 1 is 1.24 bits per heavy atom. The molecule has 0 atom stereocenters. The van der Waals surface area contributed by atoms with Gasteiger partial charge in [-0.15, -0.1) is 0 Å². The van der Waals surface area contributed by atoms with Crippen molar-refractivity contribution in [2.75, 3.05) is 13.7 Å². The standard InChI is InChI=1S/C16H15N3O6/c1-3-8-25-12-7-5-10(9-13(12)24-2)4-6-11-14(19(22)23)15(20)18-16(21)17-11/h3-7,9H,1,8H2,2H3,(H2,17,18,20,21)/b6-4+. The van der Waals surface area contributed by atoms with Crippen molar-refractivity contribution in [3.8, 4) is 11.5 Å². The highest BCUT2D eigenvalue weighted by molar-refractivity contribution is 5.72. The highest BCUT2D eigenvalue weighted by Gasteiger charge is 2.18. The van der Waals surface area contributed by atoms with E-state index in [1.54, 1.807) is 24.3 Å². The topological polar surface area (TPSA) is 127 Å². The number of aromatic amines is 2. The average Bonchev–Trinajstić information content (AvgIpc) is 2.57. The van der Waals surface area contributed by atoms with Crippen LogP contribution in [0.1, 0.15) is 11.3 Å². The van der Waals surface area contributed by atoms with E-state index in [1.807, 2.05) is 4.98 Å². The molecule has 1 aromatic carbocycles. The highest BCUT2D eigenvalue weighted by Crippen LogP contribution is 2.29. The molecular weight excluding hydrogens is 330 g/mol. The number of H-pyrrole nitrogens is 2. The van der Waals surface area contributed by atoms with E-state index in [-0.39, 0.29) is 5.69 Å². The fraction of sp³-hybridized carbons (Fsp3) is 0.125. The largest absolute Gasteiger partial charge is 0.493 e. The van der Waals surface area contributed by atoms with Crippen LogP contribution in [0.4, 0.5) is 5.69 Å². The number of ether oxygens (including phenoxy) is 2. The molecule has 0 aliphatic heterocycles. The maximum absolute atomic E-state index is 11.6. The highest BCUT2D eigenvalue weighted by atomic mass is 16.6. The van der Waals surface area contributed by atoms with Crippen molar-refractivity contribution in [1.82, 2.24) is 9.97 Å². The Bertz CT molecular complexity index is 942. The van der Waals surface area contributed by atoms with Crippen molar-refractivity contribution in [3.05, 3.63) is 73.1 Å². The average molecular weight is 345 g/mol. The third kappa shape index (κ3) is 4.22. The first-order chi connectivity index (χ1) is 12.0. The van der Waals surface area contributed by atoms with Crippen molar-refractivity contribution >= 4 is 17.8 Å². The first-order valence-corrected chi connectivity index (χ1v) is 7.07. The molecule has 25 heavy (non-hydrogen) atoms. The second-order valence-electron chi connectivity index (χ2n) is 4.77. The molecule has 0 bridgehead atoms. The van der Waals surface area contributed by atoms with E-state index in [0.717, 1.165) is 0 Å². The lowest BCUT2D eigenvalue weighted by atomic mass is 10.1. The van der Waals surface area contributed by atoms with Gasteiger partial charge in [-0.25, -0.2) is 4.79 Å². The SMILES string of the molecule is C=CCOc1ccc(/C=C/c2[nH]c(=O)[nH]c(=O)c2[N+](=O)[O-])cc1OC. The molecular formula is C16H15N3O6. The van der Waals surface area contributed by atoms with Gasteiger partial charge >= 0.3 is 16.9 Å². The summed E-state index contributed by atoms with van der Waals surface area (Å²) in [6.45, 7) is 3.87. The second kappa shape index (κ2) is 7.77. The van der Waals surface area contributed by atoms with E-state index in [0.29, 0.717) is 23.7 Å². The Labute approximate surface area is 141 Å². The van der Waals surface area contributed by atoms with Crippen molar-refractivity contribution in [3.63, 3.8) is 0 Å². The Morgan fingerprint density at radius 2 is 2.00 bits per heavy atom. The molecule has 130 valence electrons. The predicted molar refractivity (Wildman–Crippen MR) is 92.0 cm³/mol. The molecule has 0 saturated heterocycles. The van der Waals surface area contributed by atoms with Gasteiger partial charge in [-0.05, 0) is 23.8 Å². The van der Waals surface area contributed by atoms with E-state index in [4.69, 9.17) is 9.47 Å². The molecule has 0 spiro atoms. The Hall–Kier alpha value is -3.62. The number of benzene rings is 1. The molecule has 0 fully saturated rings. The summed E-state index contributed by atoms with van der Waals surface area (Å²) in [6, 6.07) is 5.00. The number of rotatable bonds is 7. The molecule has 9 nitrogen and oxygen atoms in total. The third-order valence-corrected chi connectivity index (χ3v) is 3.11. The summed E-state index contributed by atoms with van der Waals surface area (Å²) in [4.78, 5) is 37.1. The molecule has 1 aromatic heterocycles. The summed E-state index contributed by atoms with van der Waals surface area (Å²) in [5.74, 6) is 0.966. The zero-order valence-corrected chi connectivity index (χ0v) is 13.3. The Morgan fingerprint density at radius 3 is 2.64 bits per heavy atom. The first kappa shape index (κ1) is 17.7. The van der Waals surface area contributed by atoms with Gasteiger partial charge in [0, 0.05) is 0 Å². The van der Waals surface area contributed by atoms with Crippen LogP contribution in [0.5, 0.6) is 11.5 Å². The van der Waals surface area contributed by atoms with Crippen LogP contribution < -0.4 is 20.7 Å². The molecule has 2 N–H and O–H groups in total. The predicted octanol–water partition coefficient (Wildman–Crippen LogP) is 1.72. The molecule has 0 aliphatic carbocycles. The molecule has 1 heterocycles. The Balaban J connectivity index is 2.40. The minimum absolute atomic E-state index is 0.204. The maximum Gasteiger partial charge on any atom is 0.357 e. The van der Waals surface area contributed by atoms with Crippen LogP contribution >= 0.6 is 0 Å². The van der Waals surface area contributed by atoms with Gasteiger partial charge in [0.2, 0.25) is 0 Å². The Kier molecular flexibility index (Phi) is 5.51. The number of methoxy groups -OCH3 is 1. The number of nitrogens with one attached hydrogen (secondary N) is 2. The van der Waals surface area contributed by atoms with E-state index in [2.05, 4.69) is 11.6 Å². The molecule has 0 saturated carbocycles. The van der Waals surface area contributed by atoms with Crippen LogP contribution in [0, 0.1) is 10.1 Å². The third-order valence-electron chi connectivity index (χ3n) is 3.11. The van der Waals surface area contributed by atoms with Gasteiger partial charge in [0.25, 0.3) is 0 Å². The van der Waals surface area contributed by atoms with Gasteiger partial charge in [-0.1, -0.05) is 24.8 Å². The van der Waals surface area contributed by atoms with Gasteiger partial charge in [0.15, 0.2) is 11.5 Å². The van der Waals surface area contributed by atoms with E-state index < -0.39 is 21.9 Å². The van der Waals surface area contributed by atoms with Gasteiger partial charge in [0.1, 0.15) is 12.3 Å². The van der Waals surface area contributed by atoms with Crippen molar-refractivity contribution in [2.24, 2.45) is 0 Å². The van der Waals surface area contributed by atoms with Crippen LogP contribution in [0.15, 0.2) is 40.4 Å². The van der Waals surface area contributed by atoms with Crippen LogP contribution in [0.3, 0.4) is 0 Å². The van der Waals surface area contributed by atoms with Crippen LogP contribution in [0.25, 0.3) is 12.2 Å². The van der Waals surface area contributed by atoms with Crippen LogP contribution in [-0.2, 0) is 0 Å². The second-order valence-corrected chi connectivity index (χ2v) is 4.77. The molecule has 0 aliphatic rings. The number of hydrogen-bond donors (Lipinski definition) is 2. The van der Waals surface area contributed by atoms with Crippen LogP contribution in [0.2, 0.25) is 0 Å².